The Kier molecular flexibility index (Phi) is 4.64. The van der Waals surface area contributed by atoms with Crippen molar-refractivity contribution in [2.45, 2.75) is 38.0 Å². The molecule has 0 spiro atoms. The second-order valence-electron chi connectivity index (χ2n) is 4.86. The number of rotatable bonds is 4. The Balaban J connectivity index is 1.90. The predicted molar refractivity (Wildman–Crippen MR) is 73.4 cm³/mol. The van der Waals surface area contributed by atoms with Gasteiger partial charge in [0.15, 0.2) is 0 Å². The Hall–Kier alpha value is -1.03. The smallest absolute Gasteiger partial charge is 0.221 e. The van der Waals surface area contributed by atoms with Crippen molar-refractivity contribution >= 4 is 17.4 Å². The quantitative estimate of drug-likeness (QED) is 0.854. The first-order chi connectivity index (χ1) is 8.70. The summed E-state index contributed by atoms with van der Waals surface area (Å²) in [7, 11) is 1.63. The van der Waals surface area contributed by atoms with Crippen molar-refractivity contribution in [3.63, 3.8) is 0 Å². The van der Waals surface area contributed by atoms with Crippen LogP contribution in [0.15, 0.2) is 6.33 Å². The van der Waals surface area contributed by atoms with E-state index in [1.807, 2.05) is 6.92 Å². The van der Waals surface area contributed by atoms with Crippen LogP contribution in [-0.4, -0.2) is 29.0 Å². The number of ether oxygens (including phenoxy) is 1. The van der Waals surface area contributed by atoms with Crippen LogP contribution in [0.1, 0.15) is 31.2 Å². The van der Waals surface area contributed by atoms with Crippen LogP contribution < -0.4 is 10.1 Å². The molecule has 1 aliphatic carbocycles. The van der Waals surface area contributed by atoms with Gasteiger partial charge in [0.2, 0.25) is 5.88 Å². The van der Waals surface area contributed by atoms with E-state index in [1.54, 1.807) is 7.11 Å². The first-order valence-electron chi connectivity index (χ1n) is 6.44. The van der Waals surface area contributed by atoms with E-state index >= 15 is 0 Å². The van der Waals surface area contributed by atoms with Crippen LogP contribution in [0.25, 0.3) is 0 Å². The lowest BCUT2D eigenvalue weighted by molar-refractivity contribution is 0.377. The zero-order valence-electron chi connectivity index (χ0n) is 10.9. The van der Waals surface area contributed by atoms with E-state index in [0.717, 1.165) is 30.8 Å². The summed E-state index contributed by atoms with van der Waals surface area (Å²) in [4.78, 5) is 8.33. The van der Waals surface area contributed by atoms with E-state index in [1.165, 1.54) is 19.2 Å². The van der Waals surface area contributed by atoms with Gasteiger partial charge in [-0.2, -0.15) is 0 Å². The van der Waals surface area contributed by atoms with Gasteiger partial charge in [0.05, 0.1) is 12.7 Å². The molecule has 18 heavy (non-hydrogen) atoms. The fourth-order valence-corrected chi connectivity index (χ4v) is 2.64. The van der Waals surface area contributed by atoms with Crippen molar-refractivity contribution < 1.29 is 4.74 Å². The molecule has 0 radical (unpaired) electrons. The van der Waals surface area contributed by atoms with Gasteiger partial charge in [0, 0.05) is 11.9 Å². The van der Waals surface area contributed by atoms with Crippen LogP contribution in [0.4, 0.5) is 5.82 Å². The number of anilines is 1. The van der Waals surface area contributed by atoms with Gasteiger partial charge in [0.1, 0.15) is 12.1 Å². The van der Waals surface area contributed by atoms with Crippen molar-refractivity contribution in [2.75, 3.05) is 19.0 Å². The summed E-state index contributed by atoms with van der Waals surface area (Å²) >= 11 is 6.11. The lowest BCUT2D eigenvalue weighted by atomic mass is 9.89. The van der Waals surface area contributed by atoms with E-state index in [0.29, 0.717) is 17.2 Å². The molecule has 0 aromatic carbocycles. The number of halogens is 1. The van der Waals surface area contributed by atoms with Crippen molar-refractivity contribution in [1.82, 2.24) is 9.97 Å². The molecule has 0 unspecified atom stereocenters. The number of alkyl halides is 1. The minimum Gasteiger partial charge on any atom is -0.481 e. The molecule has 1 aromatic heterocycles. The Morgan fingerprint density at radius 2 is 2.06 bits per heavy atom. The molecule has 2 rings (SSSR count). The van der Waals surface area contributed by atoms with Crippen LogP contribution in [0.3, 0.4) is 0 Å². The monoisotopic (exact) mass is 269 g/mol. The molecule has 0 aliphatic heterocycles. The van der Waals surface area contributed by atoms with Crippen LogP contribution >= 0.6 is 11.6 Å². The Labute approximate surface area is 113 Å². The van der Waals surface area contributed by atoms with Gasteiger partial charge in [-0.15, -0.1) is 11.6 Å². The zero-order chi connectivity index (χ0) is 13.0. The van der Waals surface area contributed by atoms with Crippen molar-refractivity contribution in [1.29, 1.82) is 0 Å². The number of aromatic nitrogens is 2. The Bertz CT molecular complexity index is 392. The lowest BCUT2D eigenvalue weighted by Crippen LogP contribution is -2.22. The lowest BCUT2D eigenvalue weighted by Gasteiger charge is -2.25. The first kappa shape index (κ1) is 13.4. The maximum absolute atomic E-state index is 6.11. The molecule has 1 saturated carbocycles. The average Bonchev–Trinajstić information content (AvgIpc) is 2.39. The molecule has 0 bridgehead atoms. The highest BCUT2D eigenvalue weighted by atomic mass is 35.5. The third-order valence-electron chi connectivity index (χ3n) is 3.57. The highest BCUT2D eigenvalue weighted by molar-refractivity contribution is 6.20. The second-order valence-corrected chi connectivity index (χ2v) is 5.47. The van der Waals surface area contributed by atoms with Crippen molar-refractivity contribution in [3.8, 4) is 5.88 Å². The third-order valence-corrected chi connectivity index (χ3v) is 4.00. The molecule has 0 atom stereocenters. The first-order valence-corrected chi connectivity index (χ1v) is 6.88. The zero-order valence-corrected chi connectivity index (χ0v) is 11.7. The molecule has 100 valence electrons. The summed E-state index contributed by atoms with van der Waals surface area (Å²) in [6, 6.07) is 0. The van der Waals surface area contributed by atoms with E-state index in [-0.39, 0.29) is 0 Å². The minimum absolute atomic E-state index is 0.377. The molecule has 1 aromatic rings. The third kappa shape index (κ3) is 3.25. The topological polar surface area (TPSA) is 47.0 Å². The van der Waals surface area contributed by atoms with Gasteiger partial charge in [-0.1, -0.05) is 0 Å². The second kappa shape index (κ2) is 6.23. The standard InChI is InChI=1S/C13H20ClN3O/c1-9-12(16-8-17-13(9)18-2)15-7-10-3-5-11(14)6-4-10/h8,10-11H,3-7H2,1-2H3,(H,15,16,17). The van der Waals surface area contributed by atoms with E-state index < -0.39 is 0 Å². The number of hydrogen-bond acceptors (Lipinski definition) is 4. The SMILES string of the molecule is COc1ncnc(NCC2CCC(Cl)CC2)c1C. The molecule has 0 amide bonds. The summed E-state index contributed by atoms with van der Waals surface area (Å²) in [6.45, 7) is 2.92. The fraction of sp³-hybridized carbons (Fsp3) is 0.692. The maximum atomic E-state index is 6.11. The molecule has 1 fully saturated rings. The van der Waals surface area contributed by atoms with Crippen molar-refractivity contribution in [2.24, 2.45) is 5.92 Å². The Morgan fingerprint density at radius 3 is 2.72 bits per heavy atom. The molecular formula is C13H20ClN3O. The number of methoxy groups -OCH3 is 1. The van der Waals surface area contributed by atoms with Gasteiger partial charge < -0.3 is 10.1 Å². The van der Waals surface area contributed by atoms with Crippen LogP contribution in [-0.2, 0) is 0 Å². The minimum atomic E-state index is 0.377. The fourth-order valence-electron chi connectivity index (χ4n) is 2.38. The molecule has 1 heterocycles. The maximum Gasteiger partial charge on any atom is 0.221 e. The van der Waals surface area contributed by atoms with Gasteiger partial charge in [0.25, 0.3) is 0 Å². The van der Waals surface area contributed by atoms with E-state index in [9.17, 15) is 0 Å². The van der Waals surface area contributed by atoms with E-state index in [2.05, 4.69) is 15.3 Å². The van der Waals surface area contributed by atoms with Gasteiger partial charge in [-0.3, -0.25) is 0 Å². The summed E-state index contributed by atoms with van der Waals surface area (Å²) in [6.07, 6.45) is 6.18. The number of hydrogen-bond donors (Lipinski definition) is 1. The number of nitrogens with one attached hydrogen (secondary N) is 1. The highest BCUT2D eigenvalue weighted by Gasteiger charge is 2.19. The predicted octanol–water partition coefficient (Wildman–Crippen LogP) is 3.00. The normalized spacial score (nSPS) is 23.7. The van der Waals surface area contributed by atoms with Gasteiger partial charge in [-0.25, -0.2) is 9.97 Å². The highest BCUT2D eigenvalue weighted by Crippen LogP contribution is 2.28. The van der Waals surface area contributed by atoms with Gasteiger partial charge >= 0.3 is 0 Å². The van der Waals surface area contributed by atoms with Crippen LogP contribution in [0.5, 0.6) is 5.88 Å². The largest absolute Gasteiger partial charge is 0.481 e. The molecule has 5 heteroatoms. The van der Waals surface area contributed by atoms with Crippen molar-refractivity contribution in [3.05, 3.63) is 11.9 Å². The Morgan fingerprint density at radius 1 is 1.33 bits per heavy atom. The molecule has 4 nitrogen and oxygen atoms in total. The molecule has 1 N–H and O–H groups in total. The molecular weight excluding hydrogens is 250 g/mol. The average molecular weight is 270 g/mol. The summed E-state index contributed by atoms with van der Waals surface area (Å²) < 4.78 is 5.18. The van der Waals surface area contributed by atoms with Crippen LogP contribution in [0, 0.1) is 12.8 Å². The van der Waals surface area contributed by atoms with Gasteiger partial charge in [-0.05, 0) is 38.5 Å². The number of nitrogens with zero attached hydrogens (tertiary/aromatic N) is 2. The van der Waals surface area contributed by atoms with E-state index in [4.69, 9.17) is 16.3 Å². The summed E-state index contributed by atoms with van der Waals surface area (Å²) in [5.74, 6) is 2.20. The molecule has 1 aliphatic rings. The summed E-state index contributed by atoms with van der Waals surface area (Å²) in [5, 5.41) is 3.77. The summed E-state index contributed by atoms with van der Waals surface area (Å²) in [5.41, 5.74) is 0.964. The molecule has 0 saturated heterocycles. The van der Waals surface area contributed by atoms with Crippen LogP contribution in [0.2, 0.25) is 0 Å².